The maximum absolute atomic E-state index is 5.64. The Bertz CT molecular complexity index is 161. The minimum Gasteiger partial charge on any atom is -0.381 e. The number of unbranched alkanes of at least 4 members (excludes halogenated alkanes) is 2. The first-order valence-corrected chi connectivity index (χ1v) is 7.92. The van der Waals surface area contributed by atoms with E-state index in [-0.39, 0.29) is 6.29 Å². The van der Waals surface area contributed by atoms with Crippen LogP contribution in [0.3, 0.4) is 0 Å². The second-order valence-electron chi connectivity index (χ2n) is 4.38. The van der Waals surface area contributed by atoms with E-state index in [4.69, 9.17) is 14.2 Å². The van der Waals surface area contributed by atoms with Crippen molar-refractivity contribution in [1.82, 2.24) is 0 Å². The van der Waals surface area contributed by atoms with E-state index >= 15 is 0 Å². The molecule has 0 radical (unpaired) electrons. The van der Waals surface area contributed by atoms with E-state index in [1.165, 1.54) is 19.3 Å². The Morgan fingerprint density at radius 2 is 1.76 bits per heavy atom. The van der Waals surface area contributed by atoms with E-state index in [9.17, 15) is 0 Å². The van der Waals surface area contributed by atoms with Gasteiger partial charge in [0.15, 0.2) is 6.29 Å². The fraction of sp³-hybridized carbons (Fsp3) is 1.00. The van der Waals surface area contributed by atoms with Gasteiger partial charge in [0.25, 0.3) is 0 Å². The minimum absolute atomic E-state index is 0.0589. The first-order chi connectivity index (χ1) is 8.43. The summed E-state index contributed by atoms with van der Waals surface area (Å²) < 4.78 is 16.7. The van der Waals surface area contributed by atoms with Crippen molar-refractivity contribution in [2.45, 2.75) is 51.2 Å². The van der Waals surface area contributed by atoms with Gasteiger partial charge < -0.3 is 14.2 Å². The second-order valence-corrected chi connectivity index (χ2v) is 5.18. The molecule has 1 fully saturated rings. The van der Waals surface area contributed by atoms with Crippen molar-refractivity contribution < 1.29 is 14.2 Å². The molecule has 0 aromatic rings. The molecular weight excluding hydrogens is 284 g/mol. The van der Waals surface area contributed by atoms with E-state index in [1.807, 2.05) is 0 Å². The molecule has 0 aliphatic carbocycles. The highest BCUT2D eigenvalue weighted by Crippen LogP contribution is 2.13. The van der Waals surface area contributed by atoms with Gasteiger partial charge in [-0.2, -0.15) is 0 Å². The molecule has 1 rings (SSSR count). The number of hydrogen-bond donors (Lipinski definition) is 0. The SMILES string of the molecule is BrCCCCOCCCCOC1CCCCO1. The molecule has 1 heterocycles. The van der Waals surface area contributed by atoms with Gasteiger partial charge in [-0.05, 0) is 44.9 Å². The highest BCUT2D eigenvalue weighted by Gasteiger charge is 2.13. The average Bonchev–Trinajstić information content (AvgIpc) is 2.38. The number of halogens is 1. The lowest BCUT2D eigenvalue weighted by Gasteiger charge is -2.22. The van der Waals surface area contributed by atoms with Crippen LogP contribution in [0.4, 0.5) is 0 Å². The molecule has 3 nitrogen and oxygen atoms in total. The molecule has 17 heavy (non-hydrogen) atoms. The normalized spacial score (nSPS) is 20.6. The third-order valence-electron chi connectivity index (χ3n) is 2.80. The Hall–Kier alpha value is 0.360. The largest absolute Gasteiger partial charge is 0.381 e. The van der Waals surface area contributed by atoms with Crippen molar-refractivity contribution in [3.63, 3.8) is 0 Å². The molecule has 0 saturated carbocycles. The Morgan fingerprint density at radius 3 is 2.47 bits per heavy atom. The van der Waals surface area contributed by atoms with Crippen molar-refractivity contribution in [3.8, 4) is 0 Å². The quantitative estimate of drug-likeness (QED) is 0.456. The van der Waals surface area contributed by atoms with Crippen LogP contribution in [-0.4, -0.2) is 38.0 Å². The lowest BCUT2D eigenvalue weighted by Crippen LogP contribution is -2.22. The lowest BCUT2D eigenvalue weighted by molar-refractivity contribution is -0.163. The van der Waals surface area contributed by atoms with Gasteiger partial charge in [-0.25, -0.2) is 0 Å². The summed E-state index contributed by atoms with van der Waals surface area (Å²) in [6, 6.07) is 0. The Morgan fingerprint density at radius 1 is 1.00 bits per heavy atom. The van der Waals surface area contributed by atoms with Crippen LogP contribution in [-0.2, 0) is 14.2 Å². The summed E-state index contributed by atoms with van der Waals surface area (Å²) in [7, 11) is 0. The van der Waals surface area contributed by atoms with E-state index in [0.29, 0.717) is 0 Å². The van der Waals surface area contributed by atoms with E-state index in [0.717, 1.165) is 57.4 Å². The van der Waals surface area contributed by atoms with E-state index in [2.05, 4.69) is 15.9 Å². The van der Waals surface area contributed by atoms with Crippen LogP contribution in [0.15, 0.2) is 0 Å². The van der Waals surface area contributed by atoms with Gasteiger partial charge in [-0.3, -0.25) is 0 Å². The summed E-state index contributed by atoms with van der Waals surface area (Å²) in [5.41, 5.74) is 0. The predicted molar refractivity (Wildman–Crippen MR) is 72.6 cm³/mol. The molecule has 102 valence electrons. The molecule has 0 aromatic heterocycles. The van der Waals surface area contributed by atoms with Gasteiger partial charge in [0.2, 0.25) is 0 Å². The Balaban J connectivity index is 1.75. The Kier molecular flexibility index (Phi) is 10.4. The molecule has 1 atom stereocenters. The number of hydrogen-bond acceptors (Lipinski definition) is 3. The number of rotatable bonds is 10. The van der Waals surface area contributed by atoms with Crippen LogP contribution in [0.5, 0.6) is 0 Å². The van der Waals surface area contributed by atoms with Crippen molar-refractivity contribution in [2.24, 2.45) is 0 Å². The fourth-order valence-electron chi connectivity index (χ4n) is 1.76. The van der Waals surface area contributed by atoms with E-state index in [1.54, 1.807) is 0 Å². The summed E-state index contributed by atoms with van der Waals surface area (Å²) >= 11 is 3.41. The molecule has 0 aromatic carbocycles. The molecule has 0 spiro atoms. The molecule has 1 saturated heterocycles. The third-order valence-corrected chi connectivity index (χ3v) is 3.36. The van der Waals surface area contributed by atoms with Gasteiger partial charge in [0, 0.05) is 31.8 Å². The molecule has 0 N–H and O–H groups in total. The van der Waals surface area contributed by atoms with Crippen molar-refractivity contribution in [2.75, 3.05) is 31.8 Å². The summed E-state index contributed by atoms with van der Waals surface area (Å²) in [6.07, 6.45) is 8.04. The van der Waals surface area contributed by atoms with Crippen LogP contribution >= 0.6 is 15.9 Å². The summed E-state index contributed by atoms with van der Waals surface area (Å²) in [5, 5.41) is 1.07. The zero-order chi connectivity index (χ0) is 12.2. The molecule has 0 bridgehead atoms. The standard InChI is InChI=1S/C13H25BrO3/c14-8-2-4-9-15-10-5-6-12-17-13-7-1-3-11-16-13/h13H,1-12H2. The van der Waals surface area contributed by atoms with Gasteiger partial charge in [-0.15, -0.1) is 0 Å². The molecule has 1 unspecified atom stereocenters. The van der Waals surface area contributed by atoms with Crippen LogP contribution in [0.2, 0.25) is 0 Å². The van der Waals surface area contributed by atoms with Crippen LogP contribution in [0.1, 0.15) is 44.9 Å². The molecule has 1 aliphatic rings. The minimum atomic E-state index is 0.0589. The third kappa shape index (κ3) is 9.00. The first-order valence-electron chi connectivity index (χ1n) is 6.80. The molecule has 1 aliphatic heterocycles. The first kappa shape index (κ1) is 15.4. The topological polar surface area (TPSA) is 27.7 Å². The maximum Gasteiger partial charge on any atom is 0.157 e. The zero-order valence-electron chi connectivity index (χ0n) is 10.7. The van der Waals surface area contributed by atoms with E-state index < -0.39 is 0 Å². The van der Waals surface area contributed by atoms with Crippen molar-refractivity contribution in [3.05, 3.63) is 0 Å². The second kappa shape index (κ2) is 11.5. The van der Waals surface area contributed by atoms with Crippen LogP contribution < -0.4 is 0 Å². The van der Waals surface area contributed by atoms with Gasteiger partial charge in [0.05, 0.1) is 0 Å². The highest BCUT2D eigenvalue weighted by atomic mass is 79.9. The maximum atomic E-state index is 5.64. The summed E-state index contributed by atoms with van der Waals surface area (Å²) in [4.78, 5) is 0. The summed E-state index contributed by atoms with van der Waals surface area (Å²) in [6.45, 7) is 3.41. The molecule has 0 amide bonds. The zero-order valence-corrected chi connectivity index (χ0v) is 12.3. The van der Waals surface area contributed by atoms with Crippen LogP contribution in [0, 0.1) is 0 Å². The van der Waals surface area contributed by atoms with Crippen LogP contribution in [0.25, 0.3) is 0 Å². The van der Waals surface area contributed by atoms with Crippen molar-refractivity contribution >= 4 is 15.9 Å². The predicted octanol–water partition coefficient (Wildman–Crippen LogP) is 3.50. The molecular formula is C13H25BrO3. The van der Waals surface area contributed by atoms with Crippen molar-refractivity contribution in [1.29, 1.82) is 0 Å². The lowest BCUT2D eigenvalue weighted by atomic mass is 10.2. The smallest absolute Gasteiger partial charge is 0.157 e. The highest BCUT2D eigenvalue weighted by molar-refractivity contribution is 9.09. The fourth-order valence-corrected chi connectivity index (χ4v) is 2.16. The monoisotopic (exact) mass is 308 g/mol. The average molecular weight is 309 g/mol. The Labute approximate surface area is 113 Å². The van der Waals surface area contributed by atoms with Gasteiger partial charge in [-0.1, -0.05) is 15.9 Å². The number of alkyl halides is 1. The van der Waals surface area contributed by atoms with Gasteiger partial charge >= 0.3 is 0 Å². The van der Waals surface area contributed by atoms with Gasteiger partial charge in [0.1, 0.15) is 0 Å². The number of ether oxygens (including phenoxy) is 3. The molecule has 4 heteroatoms. The summed E-state index contributed by atoms with van der Waals surface area (Å²) in [5.74, 6) is 0.